The summed E-state index contributed by atoms with van der Waals surface area (Å²) < 4.78 is 26.4. The molecule has 2 aliphatic carbocycles. The Labute approximate surface area is 99.5 Å². The third-order valence-electron chi connectivity index (χ3n) is 4.38. The number of fused-ring (bicyclic) bond motifs is 1. The van der Waals surface area contributed by atoms with Crippen molar-refractivity contribution in [2.45, 2.75) is 25.7 Å². The monoisotopic (exact) mass is 238 g/mol. The van der Waals surface area contributed by atoms with E-state index in [0.717, 1.165) is 30.7 Å². The largest absolute Gasteiger partial charge is 0.396 e. The summed E-state index contributed by atoms with van der Waals surface area (Å²) in [7, 11) is 0. The van der Waals surface area contributed by atoms with Crippen LogP contribution in [-0.4, -0.2) is 11.7 Å². The van der Waals surface area contributed by atoms with Gasteiger partial charge in [-0.2, -0.15) is 0 Å². The van der Waals surface area contributed by atoms with Crippen LogP contribution in [0.1, 0.15) is 24.8 Å². The van der Waals surface area contributed by atoms with E-state index in [4.69, 9.17) is 0 Å². The zero-order valence-electron chi connectivity index (χ0n) is 9.63. The zero-order valence-corrected chi connectivity index (χ0v) is 9.63. The lowest BCUT2D eigenvalue weighted by atomic mass is 9.78. The summed E-state index contributed by atoms with van der Waals surface area (Å²) in [5.74, 6) is 0.452. The maximum atomic E-state index is 13.6. The minimum atomic E-state index is -0.543. The molecule has 17 heavy (non-hydrogen) atoms. The van der Waals surface area contributed by atoms with Crippen molar-refractivity contribution in [3.05, 3.63) is 35.4 Å². The summed E-state index contributed by atoms with van der Waals surface area (Å²) in [5.41, 5.74) is 0.369. The molecule has 0 radical (unpaired) electrons. The van der Waals surface area contributed by atoms with Gasteiger partial charge in [-0.3, -0.25) is 0 Å². The molecule has 2 atom stereocenters. The van der Waals surface area contributed by atoms with Gasteiger partial charge in [-0.1, -0.05) is 6.07 Å². The van der Waals surface area contributed by atoms with Crippen molar-refractivity contribution in [2.24, 2.45) is 17.3 Å². The lowest BCUT2D eigenvalue weighted by molar-refractivity contribution is 0.116. The molecule has 0 spiro atoms. The first kappa shape index (κ1) is 11.1. The first-order valence-corrected chi connectivity index (χ1v) is 6.17. The lowest BCUT2D eigenvalue weighted by Crippen LogP contribution is -2.26. The van der Waals surface area contributed by atoms with Gasteiger partial charge in [0.05, 0.1) is 0 Å². The zero-order chi connectivity index (χ0) is 12.0. The molecule has 92 valence electrons. The first-order chi connectivity index (χ1) is 8.12. The summed E-state index contributed by atoms with van der Waals surface area (Å²) in [6.45, 7) is 0.108. The van der Waals surface area contributed by atoms with Gasteiger partial charge in [-0.15, -0.1) is 0 Å². The molecule has 0 heterocycles. The van der Waals surface area contributed by atoms with Crippen molar-refractivity contribution in [1.29, 1.82) is 0 Å². The quantitative estimate of drug-likeness (QED) is 0.858. The highest BCUT2D eigenvalue weighted by Gasteiger charge is 2.53. The van der Waals surface area contributed by atoms with E-state index >= 15 is 0 Å². The highest BCUT2D eigenvalue weighted by atomic mass is 19.1. The topological polar surface area (TPSA) is 20.2 Å². The number of aliphatic hydroxyl groups is 1. The Balaban J connectivity index is 1.81. The predicted molar refractivity (Wildman–Crippen MR) is 60.4 cm³/mol. The third-order valence-corrected chi connectivity index (χ3v) is 4.38. The minimum absolute atomic E-state index is 0.108. The van der Waals surface area contributed by atoms with E-state index in [2.05, 4.69) is 0 Å². The highest BCUT2D eigenvalue weighted by Crippen LogP contribution is 2.60. The maximum absolute atomic E-state index is 13.6. The van der Waals surface area contributed by atoms with Crippen molar-refractivity contribution >= 4 is 0 Å². The number of aliphatic hydroxyl groups excluding tert-OH is 1. The smallest absolute Gasteiger partial charge is 0.129 e. The van der Waals surface area contributed by atoms with E-state index in [1.54, 1.807) is 0 Å². The fourth-order valence-electron chi connectivity index (χ4n) is 3.40. The van der Waals surface area contributed by atoms with Crippen LogP contribution in [0.2, 0.25) is 0 Å². The van der Waals surface area contributed by atoms with Gasteiger partial charge >= 0.3 is 0 Å². The number of benzene rings is 1. The van der Waals surface area contributed by atoms with Crippen LogP contribution in [0.15, 0.2) is 18.2 Å². The van der Waals surface area contributed by atoms with Crippen LogP contribution in [-0.2, 0) is 6.42 Å². The molecule has 3 rings (SSSR count). The van der Waals surface area contributed by atoms with Crippen LogP contribution in [0.4, 0.5) is 8.78 Å². The van der Waals surface area contributed by atoms with E-state index in [1.165, 1.54) is 18.6 Å². The Morgan fingerprint density at radius 3 is 2.53 bits per heavy atom. The molecule has 2 saturated carbocycles. The standard InChI is InChI=1S/C14H16F2O/c15-12-2-1-9(13(16)4-12)5-14(8-17)6-10-3-11(10)7-14/h1-2,4,10-11,17H,3,5-8H2. The fourth-order valence-corrected chi connectivity index (χ4v) is 3.40. The molecule has 0 aliphatic heterocycles. The number of rotatable bonds is 3. The van der Waals surface area contributed by atoms with E-state index < -0.39 is 11.6 Å². The van der Waals surface area contributed by atoms with Crippen LogP contribution in [0.25, 0.3) is 0 Å². The molecule has 2 aliphatic rings. The van der Waals surface area contributed by atoms with Crippen LogP contribution in [0, 0.1) is 28.9 Å². The highest BCUT2D eigenvalue weighted by molar-refractivity contribution is 5.21. The van der Waals surface area contributed by atoms with Crippen molar-refractivity contribution in [3.8, 4) is 0 Å². The van der Waals surface area contributed by atoms with Gasteiger partial charge in [0.25, 0.3) is 0 Å². The normalized spacial score (nSPS) is 34.8. The number of hydrogen-bond donors (Lipinski definition) is 1. The van der Waals surface area contributed by atoms with Crippen LogP contribution >= 0.6 is 0 Å². The summed E-state index contributed by atoms with van der Waals surface area (Å²) in [6.07, 6.45) is 3.78. The Morgan fingerprint density at radius 1 is 1.24 bits per heavy atom. The predicted octanol–water partition coefficient (Wildman–Crippen LogP) is 2.92. The van der Waals surface area contributed by atoms with Gasteiger partial charge < -0.3 is 5.11 Å². The fraction of sp³-hybridized carbons (Fsp3) is 0.571. The van der Waals surface area contributed by atoms with Crippen LogP contribution in [0.3, 0.4) is 0 Å². The van der Waals surface area contributed by atoms with Gasteiger partial charge in [0.1, 0.15) is 11.6 Å². The van der Waals surface area contributed by atoms with Crippen molar-refractivity contribution in [1.82, 2.24) is 0 Å². The minimum Gasteiger partial charge on any atom is -0.396 e. The lowest BCUT2D eigenvalue weighted by Gasteiger charge is -2.28. The molecule has 0 saturated heterocycles. The molecule has 1 nitrogen and oxygen atoms in total. The van der Waals surface area contributed by atoms with Gasteiger partial charge in [0, 0.05) is 12.7 Å². The molecular weight excluding hydrogens is 222 g/mol. The van der Waals surface area contributed by atoms with Gasteiger partial charge in [-0.05, 0) is 54.6 Å². The average Bonchev–Trinajstić information content (AvgIpc) is 2.91. The van der Waals surface area contributed by atoms with Crippen molar-refractivity contribution in [3.63, 3.8) is 0 Å². The number of hydrogen-bond acceptors (Lipinski definition) is 1. The molecule has 2 fully saturated rings. The van der Waals surface area contributed by atoms with Gasteiger partial charge in [0.2, 0.25) is 0 Å². The third kappa shape index (κ3) is 1.97. The molecule has 0 amide bonds. The summed E-state index contributed by atoms with van der Waals surface area (Å²) in [4.78, 5) is 0. The maximum Gasteiger partial charge on any atom is 0.129 e. The van der Waals surface area contributed by atoms with Gasteiger partial charge in [-0.25, -0.2) is 8.78 Å². The van der Waals surface area contributed by atoms with Crippen molar-refractivity contribution in [2.75, 3.05) is 6.61 Å². The molecule has 0 bridgehead atoms. The first-order valence-electron chi connectivity index (χ1n) is 6.17. The molecule has 2 unspecified atom stereocenters. The Kier molecular flexibility index (Phi) is 2.47. The SMILES string of the molecule is OCC1(Cc2ccc(F)cc2F)CC2CC2C1. The number of halogens is 2. The average molecular weight is 238 g/mol. The molecule has 1 aromatic carbocycles. The second-order valence-electron chi connectivity index (χ2n) is 5.73. The van der Waals surface area contributed by atoms with E-state index in [1.807, 2.05) is 0 Å². The molecule has 1 aromatic rings. The second-order valence-corrected chi connectivity index (χ2v) is 5.73. The van der Waals surface area contributed by atoms with E-state index in [-0.39, 0.29) is 12.0 Å². The summed E-state index contributed by atoms with van der Waals surface area (Å²) >= 11 is 0. The Morgan fingerprint density at radius 2 is 1.94 bits per heavy atom. The molecular formula is C14H16F2O. The Bertz CT molecular complexity index is 434. The Hall–Kier alpha value is -0.960. The second kappa shape index (κ2) is 3.77. The molecule has 3 heteroatoms. The van der Waals surface area contributed by atoms with E-state index in [0.29, 0.717) is 12.0 Å². The van der Waals surface area contributed by atoms with Crippen LogP contribution in [0.5, 0.6) is 0 Å². The van der Waals surface area contributed by atoms with Gasteiger partial charge in [0.15, 0.2) is 0 Å². The molecule has 1 N–H and O–H groups in total. The summed E-state index contributed by atoms with van der Waals surface area (Å²) in [6, 6.07) is 3.72. The van der Waals surface area contributed by atoms with Crippen LogP contribution < -0.4 is 0 Å². The van der Waals surface area contributed by atoms with Crippen molar-refractivity contribution < 1.29 is 13.9 Å². The molecule has 0 aromatic heterocycles. The summed E-state index contributed by atoms with van der Waals surface area (Å²) in [5, 5.41) is 9.57. The van der Waals surface area contributed by atoms with E-state index in [9.17, 15) is 13.9 Å².